The van der Waals surface area contributed by atoms with Gasteiger partial charge in [0.1, 0.15) is 11.5 Å². The van der Waals surface area contributed by atoms with E-state index in [1.807, 2.05) is 27.7 Å². The molecule has 1 atom stereocenters. The van der Waals surface area contributed by atoms with Crippen LogP contribution in [0.5, 0.6) is 5.75 Å². The van der Waals surface area contributed by atoms with Crippen molar-refractivity contribution in [1.82, 2.24) is 4.98 Å². The third-order valence-corrected chi connectivity index (χ3v) is 6.38. The van der Waals surface area contributed by atoms with E-state index in [0.717, 1.165) is 11.1 Å². The maximum absolute atomic E-state index is 13.4. The molecule has 0 radical (unpaired) electrons. The molecule has 35 heavy (non-hydrogen) atoms. The standard InChI is InChI=1S/C28H27ClN2O4/c1-16-13-19(29)9-10-21(16)31-24(18-7-6-12-30-15-18)23(26(33)27(31)34)25(32)17-8-11-22(35-5)20(14-17)28(2,3)4/h6-15,24,32H,1-5H3/b25-23-. The molecule has 2 aromatic carbocycles. The van der Waals surface area contributed by atoms with Gasteiger partial charge in [-0.25, -0.2) is 0 Å². The number of Topliss-reactive ketones (excluding diaryl/α,β-unsaturated/α-hetero) is 1. The van der Waals surface area contributed by atoms with E-state index in [-0.39, 0.29) is 16.7 Å². The Morgan fingerprint density at radius 2 is 1.86 bits per heavy atom. The number of aliphatic hydroxyl groups excluding tert-OH is 1. The second-order valence-electron chi connectivity index (χ2n) is 9.55. The van der Waals surface area contributed by atoms with E-state index in [1.54, 1.807) is 68.0 Å². The summed E-state index contributed by atoms with van der Waals surface area (Å²) >= 11 is 6.14. The van der Waals surface area contributed by atoms with Gasteiger partial charge in [-0.3, -0.25) is 19.5 Å². The van der Waals surface area contributed by atoms with E-state index in [0.29, 0.717) is 27.6 Å². The fraction of sp³-hybridized carbons (Fsp3) is 0.250. The lowest BCUT2D eigenvalue weighted by Gasteiger charge is -2.27. The summed E-state index contributed by atoms with van der Waals surface area (Å²) in [6, 6.07) is 13.0. The monoisotopic (exact) mass is 490 g/mol. The van der Waals surface area contributed by atoms with Gasteiger partial charge in [0.15, 0.2) is 0 Å². The van der Waals surface area contributed by atoms with Gasteiger partial charge in [0.25, 0.3) is 11.7 Å². The van der Waals surface area contributed by atoms with Crippen molar-refractivity contribution in [2.24, 2.45) is 0 Å². The fourth-order valence-electron chi connectivity index (χ4n) is 4.42. The number of pyridine rings is 1. The summed E-state index contributed by atoms with van der Waals surface area (Å²) in [5.41, 5.74) is 2.88. The molecule has 180 valence electrons. The van der Waals surface area contributed by atoms with E-state index < -0.39 is 17.7 Å². The van der Waals surface area contributed by atoms with Crippen LogP contribution >= 0.6 is 11.6 Å². The summed E-state index contributed by atoms with van der Waals surface area (Å²) in [7, 11) is 1.59. The number of halogens is 1. The summed E-state index contributed by atoms with van der Waals surface area (Å²) in [5, 5.41) is 12.0. The molecule has 7 heteroatoms. The highest BCUT2D eigenvalue weighted by Gasteiger charge is 2.47. The molecule has 0 saturated carbocycles. The van der Waals surface area contributed by atoms with Crippen LogP contribution in [0.2, 0.25) is 5.02 Å². The number of benzene rings is 2. The van der Waals surface area contributed by atoms with Crippen LogP contribution in [0.15, 0.2) is 66.5 Å². The van der Waals surface area contributed by atoms with Crippen molar-refractivity contribution in [2.75, 3.05) is 12.0 Å². The number of hydrogen-bond donors (Lipinski definition) is 1. The molecule has 1 aliphatic heterocycles. The summed E-state index contributed by atoms with van der Waals surface area (Å²) in [4.78, 5) is 32.3. The van der Waals surface area contributed by atoms with E-state index >= 15 is 0 Å². The highest BCUT2D eigenvalue weighted by molar-refractivity contribution is 6.51. The molecule has 1 fully saturated rings. The molecule has 1 aromatic heterocycles. The first-order chi connectivity index (χ1) is 16.5. The summed E-state index contributed by atoms with van der Waals surface area (Å²) in [6.07, 6.45) is 3.21. The zero-order chi connectivity index (χ0) is 25.5. The Morgan fingerprint density at radius 1 is 1.11 bits per heavy atom. The molecule has 1 saturated heterocycles. The Kier molecular flexibility index (Phi) is 6.43. The number of aliphatic hydroxyl groups is 1. The third kappa shape index (κ3) is 4.42. The normalized spacial score (nSPS) is 17.7. The average Bonchev–Trinajstić information content (AvgIpc) is 3.08. The maximum Gasteiger partial charge on any atom is 0.300 e. The molecule has 3 aromatic rings. The van der Waals surface area contributed by atoms with E-state index in [1.165, 1.54) is 4.90 Å². The van der Waals surface area contributed by atoms with Gasteiger partial charge in [-0.15, -0.1) is 0 Å². The summed E-state index contributed by atoms with van der Waals surface area (Å²) in [5.74, 6) is -1.07. The number of aromatic nitrogens is 1. The predicted octanol–water partition coefficient (Wildman–Crippen LogP) is 5.98. The number of ether oxygens (including phenoxy) is 1. The first-order valence-corrected chi connectivity index (χ1v) is 11.6. The summed E-state index contributed by atoms with van der Waals surface area (Å²) in [6.45, 7) is 7.92. The lowest BCUT2D eigenvalue weighted by atomic mass is 9.84. The van der Waals surface area contributed by atoms with Crippen molar-refractivity contribution in [3.8, 4) is 5.75 Å². The van der Waals surface area contributed by atoms with Gasteiger partial charge >= 0.3 is 0 Å². The van der Waals surface area contributed by atoms with Crippen LogP contribution in [0.4, 0.5) is 5.69 Å². The van der Waals surface area contributed by atoms with Crippen LogP contribution in [0.25, 0.3) is 5.76 Å². The molecule has 1 N–H and O–H groups in total. The van der Waals surface area contributed by atoms with Gasteiger partial charge in [-0.1, -0.05) is 38.4 Å². The van der Waals surface area contributed by atoms with Crippen molar-refractivity contribution in [2.45, 2.75) is 39.2 Å². The number of anilines is 1. The zero-order valence-corrected chi connectivity index (χ0v) is 21.1. The van der Waals surface area contributed by atoms with Gasteiger partial charge < -0.3 is 9.84 Å². The number of carbonyl (C=O) groups is 2. The number of ketones is 1. The molecular weight excluding hydrogens is 464 g/mol. The first-order valence-electron chi connectivity index (χ1n) is 11.2. The number of nitrogens with zero attached hydrogens (tertiary/aromatic N) is 2. The highest BCUT2D eigenvalue weighted by atomic mass is 35.5. The molecule has 6 nitrogen and oxygen atoms in total. The number of methoxy groups -OCH3 is 1. The van der Waals surface area contributed by atoms with E-state index in [4.69, 9.17) is 16.3 Å². The SMILES string of the molecule is COc1ccc(/C(O)=C2/C(=O)C(=O)N(c3ccc(Cl)cc3C)C2c2cccnc2)cc1C(C)(C)C. The van der Waals surface area contributed by atoms with Crippen LogP contribution in [0.1, 0.15) is 49.1 Å². The lowest BCUT2D eigenvalue weighted by molar-refractivity contribution is -0.132. The molecule has 0 bridgehead atoms. The van der Waals surface area contributed by atoms with E-state index in [9.17, 15) is 14.7 Å². The van der Waals surface area contributed by atoms with Crippen molar-refractivity contribution in [1.29, 1.82) is 0 Å². The molecule has 4 rings (SSSR count). The average molecular weight is 491 g/mol. The van der Waals surface area contributed by atoms with Crippen LogP contribution in [-0.4, -0.2) is 28.9 Å². The Bertz CT molecular complexity index is 1340. The topological polar surface area (TPSA) is 79.7 Å². The Hall–Kier alpha value is -3.64. The minimum Gasteiger partial charge on any atom is -0.507 e. The Labute approximate surface area is 209 Å². The zero-order valence-electron chi connectivity index (χ0n) is 20.3. The van der Waals surface area contributed by atoms with Gasteiger partial charge in [-0.2, -0.15) is 0 Å². The minimum atomic E-state index is -0.858. The maximum atomic E-state index is 13.4. The highest BCUT2D eigenvalue weighted by Crippen LogP contribution is 2.44. The third-order valence-electron chi connectivity index (χ3n) is 6.14. The molecule has 1 unspecified atom stereocenters. The van der Waals surface area contributed by atoms with Crippen LogP contribution < -0.4 is 9.64 Å². The largest absolute Gasteiger partial charge is 0.507 e. The first kappa shape index (κ1) is 24.5. The number of hydrogen-bond acceptors (Lipinski definition) is 5. The van der Waals surface area contributed by atoms with Gasteiger partial charge in [0.2, 0.25) is 0 Å². The van der Waals surface area contributed by atoms with Gasteiger partial charge in [0.05, 0.1) is 18.7 Å². The Balaban J connectivity index is 1.97. The molecule has 0 aliphatic carbocycles. The second-order valence-corrected chi connectivity index (χ2v) is 9.99. The smallest absolute Gasteiger partial charge is 0.300 e. The van der Waals surface area contributed by atoms with Crippen molar-refractivity contribution < 1.29 is 19.4 Å². The second kappa shape index (κ2) is 9.19. The number of aryl methyl sites for hydroxylation is 1. The van der Waals surface area contributed by atoms with Crippen molar-refractivity contribution >= 4 is 34.7 Å². The van der Waals surface area contributed by atoms with Crippen LogP contribution in [0, 0.1) is 6.92 Å². The Morgan fingerprint density at radius 3 is 2.46 bits per heavy atom. The van der Waals surface area contributed by atoms with E-state index in [2.05, 4.69) is 4.98 Å². The molecular formula is C28H27ClN2O4. The molecule has 1 aliphatic rings. The van der Waals surface area contributed by atoms with Crippen molar-refractivity contribution in [3.05, 3.63) is 93.8 Å². The fourth-order valence-corrected chi connectivity index (χ4v) is 4.65. The molecule has 0 spiro atoms. The summed E-state index contributed by atoms with van der Waals surface area (Å²) < 4.78 is 5.51. The lowest BCUT2D eigenvalue weighted by Crippen LogP contribution is -2.30. The number of amides is 1. The number of rotatable bonds is 4. The van der Waals surface area contributed by atoms with Gasteiger partial charge in [-0.05, 0) is 65.9 Å². The quantitative estimate of drug-likeness (QED) is 0.276. The predicted molar refractivity (Wildman–Crippen MR) is 137 cm³/mol. The van der Waals surface area contributed by atoms with Crippen molar-refractivity contribution in [3.63, 3.8) is 0 Å². The van der Waals surface area contributed by atoms with Crippen LogP contribution in [0.3, 0.4) is 0 Å². The van der Waals surface area contributed by atoms with Crippen LogP contribution in [-0.2, 0) is 15.0 Å². The van der Waals surface area contributed by atoms with Gasteiger partial charge in [0, 0.05) is 34.2 Å². The minimum absolute atomic E-state index is 0.00220. The molecule has 2 heterocycles. The molecule has 1 amide bonds. The number of carbonyl (C=O) groups excluding carboxylic acids is 2.